The van der Waals surface area contributed by atoms with Gasteiger partial charge in [0.25, 0.3) is 0 Å². The summed E-state index contributed by atoms with van der Waals surface area (Å²) in [7, 11) is 0. The predicted molar refractivity (Wildman–Crippen MR) is 62.6 cm³/mol. The molecule has 0 aromatic heterocycles. The fourth-order valence-corrected chi connectivity index (χ4v) is 1.05. The van der Waals surface area contributed by atoms with E-state index in [-0.39, 0.29) is 6.54 Å². The van der Waals surface area contributed by atoms with Crippen molar-refractivity contribution in [2.24, 2.45) is 5.41 Å². The van der Waals surface area contributed by atoms with Crippen LogP contribution in [0.5, 0.6) is 0 Å². The number of carbonyl (C=O) groups is 2. The molecule has 0 aromatic rings. The molecule has 0 aliphatic rings. The molecule has 0 saturated carbocycles. The second kappa shape index (κ2) is 5.77. The lowest BCUT2D eigenvalue weighted by Gasteiger charge is -2.38. The minimum Gasteiger partial charge on any atom is -0.481 e. The van der Waals surface area contributed by atoms with Gasteiger partial charge in [-0.1, -0.05) is 0 Å². The van der Waals surface area contributed by atoms with Crippen LogP contribution in [-0.2, 0) is 9.59 Å². The highest BCUT2D eigenvalue weighted by Crippen LogP contribution is 2.30. The zero-order valence-corrected chi connectivity index (χ0v) is 11.3. The highest BCUT2D eigenvalue weighted by Gasteiger charge is 2.43. The number of rotatable bonds is 6. The molecule has 0 saturated heterocycles. The van der Waals surface area contributed by atoms with Crippen molar-refractivity contribution in [3.05, 3.63) is 0 Å². The van der Waals surface area contributed by atoms with Crippen LogP contribution in [0.15, 0.2) is 0 Å². The van der Waals surface area contributed by atoms with E-state index in [4.69, 9.17) is 5.11 Å². The summed E-state index contributed by atoms with van der Waals surface area (Å²) in [4.78, 5) is 22.3. The van der Waals surface area contributed by atoms with Crippen molar-refractivity contribution in [3.8, 4) is 0 Å². The molecule has 0 aliphatic carbocycles. The second-order valence-electron chi connectivity index (χ2n) is 5.30. The summed E-state index contributed by atoms with van der Waals surface area (Å²) < 4.78 is 35.6. The SMILES string of the molecule is CC(C)(NCC(=O)NCC(F)(F)F)C(C)(C)C(=O)O. The number of amides is 1. The molecule has 1 amide bonds. The summed E-state index contributed by atoms with van der Waals surface area (Å²) >= 11 is 0. The lowest BCUT2D eigenvalue weighted by Crippen LogP contribution is -2.57. The Labute approximate surface area is 109 Å². The number of halogens is 3. The van der Waals surface area contributed by atoms with Crippen LogP contribution >= 0.6 is 0 Å². The Morgan fingerprint density at radius 3 is 1.95 bits per heavy atom. The van der Waals surface area contributed by atoms with Gasteiger partial charge in [0.05, 0.1) is 12.0 Å². The molecule has 0 bridgehead atoms. The van der Waals surface area contributed by atoms with Gasteiger partial charge in [-0.3, -0.25) is 9.59 Å². The highest BCUT2D eigenvalue weighted by atomic mass is 19.4. The van der Waals surface area contributed by atoms with Crippen LogP contribution in [0, 0.1) is 5.41 Å². The largest absolute Gasteiger partial charge is 0.481 e. The Kier molecular flexibility index (Phi) is 5.37. The third-order valence-corrected chi connectivity index (χ3v) is 3.27. The molecule has 3 N–H and O–H groups in total. The maximum Gasteiger partial charge on any atom is 0.405 e. The summed E-state index contributed by atoms with van der Waals surface area (Å²) in [6.45, 7) is 4.28. The van der Waals surface area contributed by atoms with Crippen molar-refractivity contribution in [3.63, 3.8) is 0 Å². The zero-order valence-electron chi connectivity index (χ0n) is 11.3. The van der Waals surface area contributed by atoms with Crippen molar-refractivity contribution >= 4 is 11.9 Å². The Morgan fingerprint density at radius 2 is 1.58 bits per heavy atom. The van der Waals surface area contributed by atoms with Crippen LogP contribution in [0.4, 0.5) is 13.2 Å². The van der Waals surface area contributed by atoms with Gasteiger partial charge >= 0.3 is 12.1 Å². The smallest absolute Gasteiger partial charge is 0.405 e. The lowest BCUT2D eigenvalue weighted by atomic mass is 9.74. The number of alkyl halides is 3. The molecule has 8 heteroatoms. The van der Waals surface area contributed by atoms with E-state index in [2.05, 4.69) is 5.32 Å². The molecule has 19 heavy (non-hydrogen) atoms. The van der Waals surface area contributed by atoms with Gasteiger partial charge in [-0.15, -0.1) is 0 Å². The minimum absolute atomic E-state index is 0.389. The standard InChI is InChI=1S/C11H19F3N2O3/c1-9(2,8(18)19)10(3,4)16-5-7(17)15-6-11(12,13)14/h16H,5-6H2,1-4H3,(H,15,17)(H,18,19). The maximum absolute atomic E-state index is 11.9. The van der Waals surface area contributed by atoms with E-state index in [0.717, 1.165) is 0 Å². The zero-order chi connectivity index (χ0) is 15.5. The highest BCUT2D eigenvalue weighted by molar-refractivity contribution is 5.79. The number of carboxylic acids is 1. The van der Waals surface area contributed by atoms with Gasteiger partial charge in [0.1, 0.15) is 6.54 Å². The number of nitrogens with one attached hydrogen (secondary N) is 2. The number of aliphatic carboxylic acids is 1. The van der Waals surface area contributed by atoms with E-state index in [1.165, 1.54) is 13.8 Å². The van der Waals surface area contributed by atoms with E-state index in [0.29, 0.717) is 0 Å². The third kappa shape index (κ3) is 5.46. The Morgan fingerprint density at radius 1 is 1.11 bits per heavy atom. The fourth-order valence-electron chi connectivity index (χ4n) is 1.05. The van der Waals surface area contributed by atoms with Gasteiger partial charge in [-0.2, -0.15) is 13.2 Å². The first-order valence-corrected chi connectivity index (χ1v) is 5.61. The topological polar surface area (TPSA) is 78.4 Å². The molecular formula is C11H19F3N2O3. The minimum atomic E-state index is -4.47. The first kappa shape index (κ1) is 17.7. The number of hydrogen-bond donors (Lipinski definition) is 3. The van der Waals surface area contributed by atoms with Gasteiger partial charge in [0, 0.05) is 5.54 Å². The van der Waals surface area contributed by atoms with Crippen LogP contribution in [-0.4, -0.2) is 41.8 Å². The Bertz CT molecular complexity index is 352. The van der Waals surface area contributed by atoms with Gasteiger partial charge in [0.15, 0.2) is 0 Å². The molecule has 0 rings (SSSR count). The lowest BCUT2D eigenvalue weighted by molar-refractivity contribution is -0.151. The van der Waals surface area contributed by atoms with Crippen LogP contribution in [0.2, 0.25) is 0 Å². The molecule has 0 aliphatic heterocycles. The summed E-state index contributed by atoms with van der Waals surface area (Å²) in [6.07, 6.45) is -4.47. The van der Waals surface area contributed by atoms with E-state index >= 15 is 0 Å². The first-order valence-electron chi connectivity index (χ1n) is 5.61. The predicted octanol–water partition coefficient (Wildman–Crippen LogP) is 1.14. The summed E-state index contributed by atoms with van der Waals surface area (Å²) in [5.41, 5.74) is -2.15. The Balaban J connectivity index is 4.40. The summed E-state index contributed by atoms with van der Waals surface area (Å²) in [6, 6.07) is 0. The quantitative estimate of drug-likeness (QED) is 0.683. The van der Waals surface area contributed by atoms with Crippen molar-refractivity contribution in [2.75, 3.05) is 13.1 Å². The van der Waals surface area contributed by atoms with Gasteiger partial charge in [0.2, 0.25) is 5.91 Å². The second-order valence-corrected chi connectivity index (χ2v) is 5.30. The Hall–Kier alpha value is -1.31. The van der Waals surface area contributed by atoms with Crippen molar-refractivity contribution in [1.82, 2.24) is 10.6 Å². The van der Waals surface area contributed by atoms with Crippen LogP contribution in [0.25, 0.3) is 0 Å². The van der Waals surface area contributed by atoms with Gasteiger partial charge in [-0.05, 0) is 27.7 Å². The van der Waals surface area contributed by atoms with Crippen molar-refractivity contribution in [2.45, 2.75) is 39.4 Å². The molecule has 112 valence electrons. The molecular weight excluding hydrogens is 265 g/mol. The molecule has 0 unspecified atom stereocenters. The molecule has 0 fully saturated rings. The van der Waals surface area contributed by atoms with E-state index in [1.54, 1.807) is 19.2 Å². The third-order valence-electron chi connectivity index (χ3n) is 3.27. The summed E-state index contributed by atoms with van der Waals surface area (Å²) in [5.74, 6) is -1.91. The first-order chi connectivity index (χ1) is 8.29. The van der Waals surface area contributed by atoms with E-state index < -0.39 is 35.6 Å². The fraction of sp³-hybridized carbons (Fsp3) is 0.818. The number of carbonyl (C=O) groups excluding carboxylic acids is 1. The normalized spacial score (nSPS) is 13.2. The molecule has 0 spiro atoms. The number of carboxylic acid groups (broad SMARTS) is 1. The number of hydrogen-bond acceptors (Lipinski definition) is 3. The van der Waals surface area contributed by atoms with Crippen LogP contribution < -0.4 is 10.6 Å². The molecule has 0 heterocycles. The van der Waals surface area contributed by atoms with Crippen molar-refractivity contribution < 1.29 is 27.9 Å². The van der Waals surface area contributed by atoms with Gasteiger partial charge < -0.3 is 15.7 Å². The monoisotopic (exact) mass is 284 g/mol. The molecule has 0 radical (unpaired) electrons. The maximum atomic E-state index is 11.9. The van der Waals surface area contributed by atoms with Crippen molar-refractivity contribution in [1.29, 1.82) is 0 Å². The van der Waals surface area contributed by atoms with E-state index in [1.807, 2.05) is 0 Å². The molecule has 0 aromatic carbocycles. The molecule has 0 atom stereocenters. The van der Waals surface area contributed by atoms with Gasteiger partial charge in [-0.25, -0.2) is 0 Å². The van der Waals surface area contributed by atoms with E-state index in [9.17, 15) is 22.8 Å². The average molecular weight is 284 g/mol. The summed E-state index contributed by atoms with van der Waals surface area (Å²) in [5, 5.41) is 13.4. The van der Waals surface area contributed by atoms with Crippen LogP contribution in [0.1, 0.15) is 27.7 Å². The van der Waals surface area contributed by atoms with Crippen LogP contribution in [0.3, 0.4) is 0 Å². The average Bonchev–Trinajstić information content (AvgIpc) is 2.22. The molecule has 5 nitrogen and oxygen atoms in total.